The second kappa shape index (κ2) is 6.50. The highest BCUT2D eigenvalue weighted by atomic mass is 79.9. The number of aromatic amines is 1. The number of piperazine rings is 1. The van der Waals surface area contributed by atoms with Crippen LogP contribution in [-0.2, 0) is 6.54 Å². The Labute approximate surface area is 136 Å². The first-order valence-electron chi connectivity index (χ1n) is 7.12. The van der Waals surface area contributed by atoms with E-state index in [1.807, 2.05) is 18.2 Å². The van der Waals surface area contributed by atoms with Crippen LogP contribution in [0, 0.1) is 0 Å². The number of aromatic nitrogens is 2. The van der Waals surface area contributed by atoms with E-state index in [0.29, 0.717) is 18.2 Å². The van der Waals surface area contributed by atoms with E-state index >= 15 is 0 Å². The van der Waals surface area contributed by atoms with E-state index in [4.69, 9.17) is 0 Å². The fourth-order valence-corrected chi connectivity index (χ4v) is 2.97. The number of phenolic OH excluding ortho intramolecular Hbond substituents is 1. The Bertz CT molecular complexity index is 711. The lowest BCUT2D eigenvalue weighted by Crippen LogP contribution is -2.46. The third-order valence-electron chi connectivity index (χ3n) is 3.79. The van der Waals surface area contributed by atoms with Gasteiger partial charge in [-0.2, -0.15) is 0 Å². The third-order valence-corrected chi connectivity index (χ3v) is 4.43. The van der Waals surface area contributed by atoms with E-state index in [1.54, 1.807) is 0 Å². The largest absolute Gasteiger partial charge is 0.506 e. The van der Waals surface area contributed by atoms with Crippen LogP contribution in [-0.4, -0.2) is 46.2 Å². The molecule has 0 aliphatic carbocycles. The van der Waals surface area contributed by atoms with Crippen molar-refractivity contribution in [2.75, 3.05) is 31.1 Å². The number of aromatic hydroxyl groups is 1. The smallest absolute Gasteiger partial charge is 0.252 e. The minimum Gasteiger partial charge on any atom is -0.506 e. The number of benzene rings is 1. The van der Waals surface area contributed by atoms with Crippen LogP contribution in [0.1, 0.15) is 5.56 Å². The molecule has 2 aromatic rings. The maximum atomic E-state index is 11.3. The summed E-state index contributed by atoms with van der Waals surface area (Å²) >= 11 is 3.34. The third kappa shape index (κ3) is 3.31. The van der Waals surface area contributed by atoms with Crippen molar-refractivity contribution in [1.82, 2.24) is 14.9 Å². The molecule has 6 nitrogen and oxygen atoms in total. The van der Waals surface area contributed by atoms with Gasteiger partial charge in [0.15, 0.2) is 0 Å². The zero-order valence-corrected chi connectivity index (χ0v) is 13.6. The lowest BCUT2D eigenvalue weighted by molar-refractivity contribution is 0.245. The number of para-hydroxylation sites is 1. The summed E-state index contributed by atoms with van der Waals surface area (Å²) in [5.74, 6) is 0.927. The quantitative estimate of drug-likeness (QED) is 0.864. The molecule has 0 bridgehead atoms. The standard InChI is InChI=1S/C15H17BrN4O2/c16-12-3-1-2-11(14(12)22)10-19-6-8-20(9-7-19)15-17-5-4-13(21)18-15/h1-5,22H,6-10H2,(H,17,18,21). The van der Waals surface area contributed by atoms with Crippen LogP contribution in [0.3, 0.4) is 0 Å². The van der Waals surface area contributed by atoms with Gasteiger partial charge in [-0.05, 0) is 22.0 Å². The molecule has 0 amide bonds. The second-order valence-electron chi connectivity index (χ2n) is 5.27. The van der Waals surface area contributed by atoms with Crippen molar-refractivity contribution in [3.8, 4) is 5.75 Å². The van der Waals surface area contributed by atoms with E-state index in [-0.39, 0.29) is 5.56 Å². The van der Waals surface area contributed by atoms with Crippen LogP contribution in [0.15, 0.2) is 39.7 Å². The minimum absolute atomic E-state index is 0.133. The number of hydrogen-bond donors (Lipinski definition) is 2. The summed E-state index contributed by atoms with van der Waals surface area (Å²) in [6.45, 7) is 4.00. The Morgan fingerprint density at radius 3 is 2.73 bits per heavy atom. The molecule has 3 rings (SSSR count). The molecule has 0 radical (unpaired) electrons. The number of nitrogens with one attached hydrogen (secondary N) is 1. The van der Waals surface area contributed by atoms with E-state index in [1.165, 1.54) is 12.3 Å². The molecule has 2 heterocycles. The van der Waals surface area contributed by atoms with Crippen molar-refractivity contribution in [3.63, 3.8) is 0 Å². The van der Waals surface area contributed by atoms with Gasteiger partial charge in [-0.25, -0.2) is 4.98 Å². The topological polar surface area (TPSA) is 72.5 Å². The molecule has 22 heavy (non-hydrogen) atoms. The minimum atomic E-state index is -0.133. The Morgan fingerprint density at radius 1 is 1.23 bits per heavy atom. The highest BCUT2D eigenvalue weighted by molar-refractivity contribution is 9.10. The van der Waals surface area contributed by atoms with E-state index in [9.17, 15) is 9.90 Å². The van der Waals surface area contributed by atoms with Crippen LogP contribution in [0.4, 0.5) is 5.95 Å². The summed E-state index contributed by atoms with van der Waals surface area (Å²) in [6, 6.07) is 7.10. The van der Waals surface area contributed by atoms with Gasteiger partial charge in [-0.3, -0.25) is 14.7 Å². The number of halogens is 1. The first-order valence-corrected chi connectivity index (χ1v) is 7.92. The number of H-pyrrole nitrogens is 1. The zero-order valence-electron chi connectivity index (χ0n) is 12.0. The summed E-state index contributed by atoms with van der Waals surface area (Å²) in [5.41, 5.74) is 0.778. The molecule has 0 unspecified atom stereocenters. The van der Waals surface area contributed by atoms with Crippen molar-refractivity contribution < 1.29 is 5.11 Å². The fraction of sp³-hybridized carbons (Fsp3) is 0.333. The van der Waals surface area contributed by atoms with Crippen molar-refractivity contribution in [3.05, 3.63) is 50.9 Å². The number of hydrogen-bond acceptors (Lipinski definition) is 5. The normalized spacial score (nSPS) is 16.0. The number of phenols is 1. The van der Waals surface area contributed by atoms with Gasteiger partial charge < -0.3 is 10.0 Å². The Hall–Kier alpha value is -1.86. The van der Waals surface area contributed by atoms with Crippen LogP contribution < -0.4 is 10.5 Å². The molecular formula is C15H17BrN4O2. The Balaban J connectivity index is 1.62. The van der Waals surface area contributed by atoms with Gasteiger partial charge in [0.1, 0.15) is 5.75 Å². The zero-order chi connectivity index (χ0) is 15.5. The van der Waals surface area contributed by atoms with Crippen molar-refractivity contribution in [2.45, 2.75) is 6.54 Å². The molecule has 2 N–H and O–H groups in total. The van der Waals surface area contributed by atoms with Crippen LogP contribution in [0.25, 0.3) is 0 Å². The molecule has 1 aromatic carbocycles. The molecule has 1 aromatic heterocycles. The van der Waals surface area contributed by atoms with Gasteiger partial charge in [-0.15, -0.1) is 0 Å². The van der Waals surface area contributed by atoms with Gasteiger partial charge in [0, 0.05) is 50.6 Å². The molecule has 7 heteroatoms. The van der Waals surface area contributed by atoms with Crippen LogP contribution in [0.5, 0.6) is 5.75 Å². The molecule has 1 aliphatic heterocycles. The molecule has 0 saturated carbocycles. The van der Waals surface area contributed by atoms with E-state index < -0.39 is 0 Å². The summed E-state index contributed by atoms with van der Waals surface area (Å²) in [4.78, 5) is 22.6. The fourth-order valence-electron chi connectivity index (χ4n) is 2.57. The first-order chi connectivity index (χ1) is 10.6. The summed E-state index contributed by atoms with van der Waals surface area (Å²) < 4.78 is 0.717. The van der Waals surface area contributed by atoms with Crippen molar-refractivity contribution >= 4 is 21.9 Å². The molecule has 1 aliphatic rings. The molecule has 1 saturated heterocycles. The van der Waals surface area contributed by atoms with Gasteiger partial charge in [0.25, 0.3) is 5.56 Å². The van der Waals surface area contributed by atoms with Crippen LogP contribution >= 0.6 is 15.9 Å². The first kappa shape index (κ1) is 15.1. The predicted molar refractivity (Wildman–Crippen MR) is 88.2 cm³/mol. The molecule has 116 valence electrons. The van der Waals surface area contributed by atoms with Gasteiger partial charge in [0.05, 0.1) is 4.47 Å². The van der Waals surface area contributed by atoms with E-state index in [2.05, 4.69) is 35.7 Å². The van der Waals surface area contributed by atoms with Gasteiger partial charge in [-0.1, -0.05) is 12.1 Å². The van der Waals surface area contributed by atoms with Crippen molar-refractivity contribution in [2.24, 2.45) is 0 Å². The maximum Gasteiger partial charge on any atom is 0.252 e. The number of rotatable bonds is 3. The number of nitrogens with zero attached hydrogens (tertiary/aromatic N) is 3. The second-order valence-corrected chi connectivity index (χ2v) is 6.12. The Kier molecular flexibility index (Phi) is 4.44. The lowest BCUT2D eigenvalue weighted by atomic mass is 10.1. The molecule has 0 spiro atoms. The highest BCUT2D eigenvalue weighted by Crippen LogP contribution is 2.28. The highest BCUT2D eigenvalue weighted by Gasteiger charge is 2.19. The lowest BCUT2D eigenvalue weighted by Gasteiger charge is -2.35. The molecule has 0 atom stereocenters. The SMILES string of the molecule is O=c1ccnc(N2CCN(Cc3cccc(Br)c3O)CC2)[nH]1. The average molecular weight is 365 g/mol. The van der Waals surface area contributed by atoms with Crippen molar-refractivity contribution in [1.29, 1.82) is 0 Å². The van der Waals surface area contributed by atoms with Gasteiger partial charge in [0.2, 0.25) is 5.95 Å². The average Bonchev–Trinajstić information content (AvgIpc) is 2.53. The van der Waals surface area contributed by atoms with Crippen LogP contribution in [0.2, 0.25) is 0 Å². The Morgan fingerprint density at radius 2 is 2.00 bits per heavy atom. The monoisotopic (exact) mass is 364 g/mol. The number of anilines is 1. The molecule has 1 fully saturated rings. The summed E-state index contributed by atoms with van der Waals surface area (Å²) in [7, 11) is 0. The van der Waals surface area contributed by atoms with E-state index in [0.717, 1.165) is 36.2 Å². The predicted octanol–water partition coefficient (Wildman–Crippen LogP) is 1.56. The van der Waals surface area contributed by atoms with Gasteiger partial charge >= 0.3 is 0 Å². The summed E-state index contributed by atoms with van der Waals surface area (Å²) in [6.07, 6.45) is 1.53. The maximum absolute atomic E-state index is 11.3. The molecular weight excluding hydrogens is 348 g/mol. The summed E-state index contributed by atoms with van der Waals surface area (Å²) in [5, 5.41) is 10.1.